The fourth-order valence-electron chi connectivity index (χ4n) is 9.37. The van der Waals surface area contributed by atoms with E-state index in [-0.39, 0.29) is 0 Å². The van der Waals surface area contributed by atoms with Crippen LogP contribution in [0.15, 0.2) is 194 Å². The molecule has 64 heavy (non-hydrogen) atoms. The van der Waals surface area contributed by atoms with Gasteiger partial charge in [-0.25, -0.2) is 0 Å². The summed E-state index contributed by atoms with van der Waals surface area (Å²) in [4.78, 5) is 2.63. The van der Waals surface area contributed by atoms with Crippen LogP contribution >= 0.6 is 68.0 Å². The Morgan fingerprint density at radius 2 is 0.531 bits per heavy atom. The van der Waals surface area contributed by atoms with Crippen molar-refractivity contribution in [2.24, 2.45) is 0 Å². The molecule has 0 atom stereocenters. The van der Waals surface area contributed by atoms with Crippen molar-refractivity contribution in [2.45, 2.75) is 0 Å². The van der Waals surface area contributed by atoms with Gasteiger partial charge in [-0.2, -0.15) is 0 Å². The predicted molar refractivity (Wildman–Crippen MR) is 289 cm³/mol. The second-order valence-corrected chi connectivity index (χ2v) is 22.7. The van der Waals surface area contributed by atoms with E-state index in [9.17, 15) is 0 Å². The van der Waals surface area contributed by atoms with Crippen molar-refractivity contribution in [1.82, 2.24) is 0 Å². The summed E-state index contributed by atoms with van der Waals surface area (Å²) < 4.78 is 13.8. The SMILES string of the molecule is c1ccc2c(c1)sc1c3cccc(-c4ccc(-c5ccc(-c6cc7sc(-c8ccc(-c9ccc(-c%10cccc%11c%10sc%10c%12ccccc%12sc%11%10)cc9)cc8)cc7s6)cc5)cc4)c3sc21. The van der Waals surface area contributed by atoms with E-state index in [2.05, 4.69) is 194 Å². The molecule has 8 aromatic carbocycles. The lowest BCUT2D eigenvalue weighted by molar-refractivity contribution is 1.61. The van der Waals surface area contributed by atoms with Gasteiger partial charge in [0.15, 0.2) is 0 Å². The summed E-state index contributed by atoms with van der Waals surface area (Å²) in [6, 6.07) is 72.3. The minimum atomic E-state index is 1.24. The summed E-state index contributed by atoms with van der Waals surface area (Å²) in [6.07, 6.45) is 0. The van der Waals surface area contributed by atoms with Crippen LogP contribution in [0.2, 0.25) is 0 Å². The fraction of sp³-hybridized carbons (Fsp3) is 0. The fourth-order valence-corrected chi connectivity index (χ4v) is 17.3. The minimum Gasteiger partial charge on any atom is -0.134 e. The van der Waals surface area contributed by atoms with E-state index in [4.69, 9.17) is 0 Å². The van der Waals surface area contributed by atoms with Crippen LogP contribution in [0.25, 0.3) is 134 Å². The highest BCUT2D eigenvalue weighted by Gasteiger charge is 2.17. The lowest BCUT2D eigenvalue weighted by atomic mass is 9.99. The van der Waals surface area contributed by atoms with Crippen LogP contribution in [0.3, 0.4) is 0 Å². The number of thiophene rings is 6. The standard InChI is InChI=1S/C58H32S6/c1-3-13-47-43(7-1)55-57(61-47)45-11-5-9-41(53(45)63-55)37-23-15-33(16-24-37)35-19-27-39(28-20-35)49-31-51-52(59-49)32-50(60-51)40-29-21-36(22-30-40)34-17-25-38(26-18-34)42-10-6-12-46-54(42)64-56-44-8-2-4-14-48(44)62-58(46)56/h1-32H. The number of hydrogen-bond donors (Lipinski definition) is 0. The topological polar surface area (TPSA) is 0 Å². The van der Waals surface area contributed by atoms with Gasteiger partial charge in [0, 0.05) is 59.5 Å². The molecular weight excluding hydrogens is 889 g/mol. The molecule has 0 radical (unpaired) electrons. The number of fused-ring (bicyclic) bond motifs is 11. The van der Waals surface area contributed by atoms with Crippen LogP contribution in [0, 0.1) is 0 Å². The largest absolute Gasteiger partial charge is 0.134 e. The Kier molecular flexibility index (Phi) is 8.52. The third-order valence-corrected chi connectivity index (χ3v) is 20.2. The molecule has 6 heteroatoms. The van der Waals surface area contributed by atoms with Crippen LogP contribution < -0.4 is 0 Å². The van der Waals surface area contributed by atoms with Crippen LogP contribution in [0.5, 0.6) is 0 Å². The van der Waals surface area contributed by atoms with E-state index < -0.39 is 0 Å². The molecule has 0 fully saturated rings. The summed E-state index contributed by atoms with van der Waals surface area (Å²) in [5.41, 5.74) is 12.6. The quantitative estimate of drug-likeness (QED) is 0.156. The molecule has 0 aliphatic heterocycles. The molecular formula is C58H32S6. The van der Waals surface area contributed by atoms with Gasteiger partial charge in [0.05, 0.1) is 18.8 Å². The van der Waals surface area contributed by atoms with E-state index in [1.807, 2.05) is 68.0 Å². The van der Waals surface area contributed by atoms with Crippen LogP contribution in [0.1, 0.15) is 0 Å². The molecule has 0 saturated heterocycles. The highest BCUT2D eigenvalue weighted by atomic mass is 32.1. The highest BCUT2D eigenvalue weighted by molar-refractivity contribution is 7.37. The van der Waals surface area contributed by atoms with E-state index in [1.165, 1.54) is 134 Å². The molecule has 0 aliphatic carbocycles. The average Bonchev–Trinajstić information content (AvgIpc) is 4.21. The second-order valence-electron chi connectivity index (χ2n) is 16.3. The molecule has 300 valence electrons. The second kappa shape index (κ2) is 14.7. The number of hydrogen-bond acceptors (Lipinski definition) is 6. The summed E-state index contributed by atoms with van der Waals surface area (Å²) >= 11 is 11.5. The summed E-state index contributed by atoms with van der Waals surface area (Å²) in [7, 11) is 0. The Bertz CT molecular complexity index is 3790. The lowest BCUT2D eigenvalue weighted by Gasteiger charge is -2.07. The maximum absolute atomic E-state index is 2.37. The Morgan fingerprint density at radius 1 is 0.203 bits per heavy atom. The average molecular weight is 921 g/mol. The predicted octanol–water partition coefficient (Wildman–Crippen LogP) is 20.1. The normalized spacial score (nSPS) is 12.1. The molecule has 0 amide bonds. The van der Waals surface area contributed by atoms with Gasteiger partial charge in [-0.15, -0.1) is 68.0 Å². The lowest BCUT2D eigenvalue weighted by Crippen LogP contribution is -1.82. The van der Waals surface area contributed by atoms with Gasteiger partial charge in [0.1, 0.15) is 0 Å². The van der Waals surface area contributed by atoms with Crippen molar-refractivity contribution in [3.05, 3.63) is 194 Å². The Hall–Kier alpha value is -6.22. The van der Waals surface area contributed by atoms with Gasteiger partial charge in [-0.05, 0) is 79.9 Å². The van der Waals surface area contributed by atoms with E-state index in [0.717, 1.165) is 0 Å². The van der Waals surface area contributed by atoms with Gasteiger partial charge in [-0.1, -0.05) is 170 Å². The molecule has 14 aromatic rings. The Labute approximate surface area is 392 Å². The zero-order chi connectivity index (χ0) is 41.9. The Morgan fingerprint density at radius 3 is 0.938 bits per heavy atom. The van der Waals surface area contributed by atoms with Crippen LogP contribution in [0.4, 0.5) is 0 Å². The third-order valence-electron chi connectivity index (χ3n) is 12.6. The molecule has 0 bridgehead atoms. The molecule has 0 nitrogen and oxygen atoms in total. The Balaban J connectivity index is 0.676. The van der Waals surface area contributed by atoms with Gasteiger partial charge in [-0.3, -0.25) is 0 Å². The summed E-state index contributed by atoms with van der Waals surface area (Å²) in [6.45, 7) is 0. The molecule has 6 aromatic heterocycles. The first-order chi connectivity index (χ1) is 31.7. The van der Waals surface area contributed by atoms with Crippen molar-refractivity contribution in [1.29, 1.82) is 0 Å². The van der Waals surface area contributed by atoms with Crippen molar-refractivity contribution >= 4 is 137 Å². The molecule has 6 heterocycles. The van der Waals surface area contributed by atoms with Gasteiger partial charge in [0.2, 0.25) is 0 Å². The van der Waals surface area contributed by atoms with Gasteiger partial charge in [0.25, 0.3) is 0 Å². The van der Waals surface area contributed by atoms with Crippen molar-refractivity contribution in [2.75, 3.05) is 0 Å². The summed E-state index contributed by atoms with van der Waals surface area (Å²) in [5, 5.41) is 5.48. The maximum Gasteiger partial charge on any atom is 0.0542 e. The zero-order valence-electron chi connectivity index (χ0n) is 33.9. The maximum atomic E-state index is 2.37. The van der Waals surface area contributed by atoms with Crippen LogP contribution in [-0.4, -0.2) is 0 Å². The van der Waals surface area contributed by atoms with E-state index in [0.29, 0.717) is 0 Å². The molecule has 0 saturated carbocycles. The van der Waals surface area contributed by atoms with E-state index >= 15 is 0 Å². The smallest absolute Gasteiger partial charge is 0.0542 e. The molecule has 0 aliphatic rings. The van der Waals surface area contributed by atoms with Crippen LogP contribution in [-0.2, 0) is 0 Å². The number of benzene rings is 8. The van der Waals surface area contributed by atoms with Gasteiger partial charge < -0.3 is 0 Å². The minimum absolute atomic E-state index is 1.24. The molecule has 0 unspecified atom stereocenters. The monoisotopic (exact) mass is 920 g/mol. The van der Waals surface area contributed by atoms with Crippen molar-refractivity contribution in [3.8, 4) is 65.4 Å². The zero-order valence-corrected chi connectivity index (χ0v) is 38.8. The molecule has 14 rings (SSSR count). The first kappa shape index (κ1) is 37.2. The van der Waals surface area contributed by atoms with Crippen molar-refractivity contribution < 1.29 is 0 Å². The molecule has 0 spiro atoms. The highest BCUT2D eigenvalue weighted by Crippen LogP contribution is 2.49. The molecule has 0 N–H and O–H groups in total. The third kappa shape index (κ3) is 5.95. The van der Waals surface area contributed by atoms with Crippen molar-refractivity contribution in [3.63, 3.8) is 0 Å². The first-order valence-electron chi connectivity index (χ1n) is 21.3. The van der Waals surface area contributed by atoms with Gasteiger partial charge >= 0.3 is 0 Å². The number of rotatable bonds is 6. The van der Waals surface area contributed by atoms with E-state index in [1.54, 1.807) is 0 Å². The summed E-state index contributed by atoms with van der Waals surface area (Å²) in [5.74, 6) is 0. The first-order valence-corrected chi connectivity index (χ1v) is 26.2.